The van der Waals surface area contributed by atoms with E-state index in [-0.39, 0.29) is 5.82 Å². The minimum Gasteiger partial charge on any atom is -0.206 e. The van der Waals surface area contributed by atoms with Gasteiger partial charge in [0.15, 0.2) is 0 Å². The molecule has 0 aliphatic heterocycles. The summed E-state index contributed by atoms with van der Waals surface area (Å²) in [6.07, 6.45) is 1.93. The number of hydrogen-bond donors (Lipinski definition) is 0. The Bertz CT molecular complexity index is 213. The van der Waals surface area contributed by atoms with Crippen molar-refractivity contribution >= 4 is 21.6 Å². The summed E-state index contributed by atoms with van der Waals surface area (Å²) >= 11 is 0. The van der Waals surface area contributed by atoms with Gasteiger partial charge in [0.2, 0.25) is 0 Å². The predicted molar refractivity (Wildman–Crippen MR) is 45.8 cm³/mol. The highest BCUT2D eigenvalue weighted by atomic mass is 33.1. The van der Waals surface area contributed by atoms with Crippen molar-refractivity contribution in [2.75, 3.05) is 6.26 Å². The van der Waals surface area contributed by atoms with Crippen molar-refractivity contribution < 1.29 is 4.39 Å². The van der Waals surface area contributed by atoms with Crippen molar-refractivity contribution in [1.29, 1.82) is 0 Å². The van der Waals surface area contributed by atoms with Crippen LogP contribution >= 0.6 is 21.6 Å². The third-order valence-corrected chi connectivity index (χ3v) is 2.73. The molecule has 0 aliphatic rings. The summed E-state index contributed by atoms with van der Waals surface area (Å²) in [5.74, 6) is -0.137. The Balaban J connectivity index is 2.81. The molecule has 0 heterocycles. The maximum atomic E-state index is 12.7. The van der Waals surface area contributed by atoms with E-state index in [0.29, 0.717) is 4.90 Å². The quantitative estimate of drug-likeness (QED) is 0.631. The van der Waals surface area contributed by atoms with Crippen LogP contribution in [0.2, 0.25) is 0 Å². The lowest BCUT2D eigenvalue weighted by atomic mass is 10.4. The van der Waals surface area contributed by atoms with E-state index in [1.165, 1.54) is 16.9 Å². The molecule has 0 spiro atoms. The zero-order valence-corrected chi connectivity index (χ0v) is 7.14. The third kappa shape index (κ3) is 1.92. The minimum atomic E-state index is -0.137. The molecule has 1 aromatic carbocycles. The van der Waals surface area contributed by atoms with Crippen LogP contribution in [-0.4, -0.2) is 6.26 Å². The van der Waals surface area contributed by atoms with Gasteiger partial charge >= 0.3 is 0 Å². The van der Waals surface area contributed by atoms with Gasteiger partial charge in [-0.1, -0.05) is 33.7 Å². The van der Waals surface area contributed by atoms with Gasteiger partial charge in [0.1, 0.15) is 5.82 Å². The molecule has 0 bridgehead atoms. The Morgan fingerprint density at radius 3 is 2.60 bits per heavy atom. The lowest BCUT2D eigenvalue weighted by molar-refractivity contribution is 0.602. The van der Waals surface area contributed by atoms with Gasteiger partial charge in [-0.05, 0) is 18.4 Å². The highest BCUT2D eigenvalue weighted by molar-refractivity contribution is 8.76. The van der Waals surface area contributed by atoms with Crippen LogP contribution in [0.15, 0.2) is 29.2 Å². The Morgan fingerprint density at radius 1 is 1.30 bits per heavy atom. The van der Waals surface area contributed by atoms with E-state index in [1.54, 1.807) is 22.9 Å². The average Bonchev–Trinajstić information content (AvgIpc) is 1.94. The van der Waals surface area contributed by atoms with Crippen LogP contribution in [0.25, 0.3) is 0 Å². The number of halogens is 1. The summed E-state index contributed by atoms with van der Waals surface area (Å²) in [7, 11) is 2.99. The lowest BCUT2D eigenvalue weighted by Gasteiger charge is -1.96. The van der Waals surface area contributed by atoms with Gasteiger partial charge in [-0.3, -0.25) is 0 Å². The van der Waals surface area contributed by atoms with Crippen molar-refractivity contribution in [2.24, 2.45) is 0 Å². The van der Waals surface area contributed by atoms with E-state index in [4.69, 9.17) is 0 Å². The molecule has 1 rings (SSSR count). The van der Waals surface area contributed by atoms with E-state index < -0.39 is 0 Å². The average molecular weight is 174 g/mol. The molecular weight excluding hydrogens is 167 g/mol. The van der Waals surface area contributed by atoms with Gasteiger partial charge in [0, 0.05) is 0 Å². The maximum Gasteiger partial charge on any atom is 0.137 e. The van der Waals surface area contributed by atoms with Crippen molar-refractivity contribution in [3.05, 3.63) is 30.1 Å². The second kappa shape index (κ2) is 3.88. The van der Waals surface area contributed by atoms with Gasteiger partial charge in [0.05, 0.1) is 4.90 Å². The van der Waals surface area contributed by atoms with Crippen LogP contribution in [0.5, 0.6) is 0 Å². The van der Waals surface area contributed by atoms with Gasteiger partial charge in [-0.15, -0.1) is 0 Å². The molecular formula is C7H7FS2. The molecule has 10 heavy (non-hydrogen) atoms. The fraction of sp³-hybridized carbons (Fsp3) is 0.143. The van der Waals surface area contributed by atoms with E-state index >= 15 is 0 Å². The molecule has 0 atom stereocenters. The van der Waals surface area contributed by atoms with Gasteiger partial charge in [-0.2, -0.15) is 0 Å². The summed E-state index contributed by atoms with van der Waals surface area (Å²) in [5.41, 5.74) is 0. The highest BCUT2D eigenvalue weighted by Crippen LogP contribution is 2.29. The Morgan fingerprint density at radius 2 is 2.00 bits per heavy atom. The van der Waals surface area contributed by atoms with Crippen LogP contribution in [0.1, 0.15) is 0 Å². The molecule has 0 nitrogen and oxygen atoms in total. The van der Waals surface area contributed by atoms with Crippen molar-refractivity contribution in [3.8, 4) is 0 Å². The molecule has 0 radical (unpaired) electrons. The van der Waals surface area contributed by atoms with Gasteiger partial charge < -0.3 is 0 Å². The Kier molecular flexibility index (Phi) is 3.09. The number of hydrogen-bond acceptors (Lipinski definition) is 2. The molecule has 0 amide bonds. The highest BCUT2D eigenvalue weighted by Gasteiger charge is 1.97. The molecule has 1 aromatic rings. The Hall–Kier alpha value is -0.150. The summed E-state index contributed by atoms with van der Waals surface area (Å²) in [4.78, 5) is 0.704. The SMILES string of the molecule is CSSc1ccccc1F. The van der Waals surface area contributed by atoms with Crippen LogP contribution in [-0.2, 0) is 0 Å². The van der Waals surface area contributed by atoms with E-state index in [2.05, 4.69) is 0 Å². The molecule has 0 fully saturated rings. The van der Waals surface area contributed by atoms with Crippen LogP contribution in [0.4, 0.5) is 4.39 Å². The molecule has 0 aliphatic carbocycles. The van der Waals surface area contributed by atoms with Crippen molar-refractivity contribution in [2.45, 2.75) is 4.90 Å². The van der Waals surface area contributed by atoms with Crippen molar-refractivity contribution in [3.63, 3.8) is 0 Å². The summed E-state index contributed by atoms with van der Waals surface area (Å²) in [6.45, 7) is 0. The standard InChI is InChI=1S/C7H7FS2/c1-9-10-7-5-3-2-4-6(7)8/h2-5H,1H3. The summed E-state index contributed by atoms with van der Waals surface area (Å²) in [5, 5.41) is 0. The second-order valence-corrected chi connectivity index (χ2v) is 4.12. The molecule has 54 valence electrons. The largest absolute Gasteiger partial charge is 0.206 e. The van der Waals surface area contributed by atoms with E-state index in [1.807, 2.05) is 12.3 Å². The minimum absolute atomic E-state index is 0.137. The summed E-state index contributed by atoms with van der Waals surface area (Å²) in [6, 6.07) is 6.77. The Labute approximate surface area is 67.6 Å². The number of benzene rings is 1. The summed E-state index contributed by atoms with van der Waals surface area (Å²) < 4.78 is 12.7. The first-order valence-electron chi connectivity index (χ1n) is 2.80. The van der Waals surface area contributed by atoms with Crippen molar-refractivity contribution in [1.82, 2.24) is 0 Å². The monoisotopic (exact) mass is 174 g/mol. The topological polar surface area (TPSA) is 0 Å². The first-order chi connectivity index (χ1) is 4.84. The van der Waals surface area contributed by atoms with Crippen LogP contribution in [0.3, 0.4) is 0 Å². The molecule has 0 N–H and O–H groups in total. The molecule has 0 saturated carbocycles. The van der Waals surface area contributed by atoms with E-state index in [0.717, 1.165) is 0 Å². The number of rotatable bonds is 2. The van der Waals surface area contributed by atoms with Crippen LogP contribution < -0.4 is 0 Å². The zero-order valence-electron chi connectivity index (χ0n) is 5.50. The normalized spacial score (nSPS) is 9.80. The van der Waals surface area contributed by atoms with Gasteiger partial charge in [-0.25, -0.2) is 4.39 Å². The third-order valence-electron chi connectivity index (χ3n) is 1.01. The molecule has 3 heteroatoms. The fourth-order valence-corrected chi connectivity index (χ4v) is 2.01. The fourth-order valence-electron chi connectivity index (χ4n) is 0.602. The smallest absolute Gasteiger partial charge is 0.137 e. The van der Waals surface area contributed by atoms with Gasteiger partial charge in [0.25, 0.3) is 0 Å². The molecule has 0 unspecified atom stereocenters. The van der Waals surface area contributed by atoms with Crippen LogP contribution in [0, 0.1) is 5.82 Å². The molecule has 0 aromatic heterocycles. The molecule has 0 saturated heterocycles. The first kappa shape index (κ1) is 7.95. The lowest BCUT2D eigenvalue weighted by Crippen LogP contribution is -1.74. The van der Waals surface area contributed by atoms with E-state index in [9.17, 15) is 4.39 Å². The second-order valence-electron chi connectivity index (χ2n) is 1.68. The predicted octanol–water partition coefficient (Wildman–Crippen LogP) is 3.20. The zero-order chi connectivity index (χ0) is 7.40. The first-order valence-corrected chi connectivity index (χ1v) is 5.35. The maximum absolute atomic E-state index is 12.7.